The Balaban J connectivity index is 2.90. The summed E-state index contributed by atoms with van der Waals surface area (Å²) in [5, 5.41) is 0. The normalized spacial score (nSPS) is 10.1. The molecule has 2 aromatic rings. The zero-order chi connectivity index (χ0) is 16.4. The van der Waals surface area contributed by atoms with Gasteiger partial charge < -0.3 is 0 Å². The monoisotopic (exact) mass is 290 g/mol. The molecule has 0 aliphatic carbocycles. The highest BCUT2D eigenvalue weighted by Crippen LogP contribution is 2.22. The van der Waals surface area contributed by atoms with Gasteiger partial charge in [0.05, 0.1) is 0 Å². The molecule has 0 aliphatic heterocycles. The van der Waals surface area contributed by atoms with Crippen molar-refractivity contribution in [3.05, 3.63) is 78.6 Å². The van der Waals surface area contributed by atoms with E-state index in [2.05, 4.69) is 5.92 Å². The fourth-order valence-electron chi connectivity index (χ4n) is 2.48. The fraction of sp³-hybridized carbons (Fsp3) is 0.200. The van der Waals surface area contributed by atoms with Crippen LogP contribution in [0.4, 0.5) is 0 Å². The molecule has 0 atom stereocenters. The van der Waals surface area contributed by atoms with Crippen LogP contribution in [-0.4, -0.2) is 0 Å². The van der Waals surface area contributed by atoms with Crippen molar-refractivity contribution >= 4 is 0 Å². The first-order valence-electron chi connectivity index (χ1n) is 7.10. The summed E-state index contributed by atoms with van der Waals surface area (Å²) in [6, 6.07) is 9.21. The van der Waals surface area contributed by atoms with Gasteiger partial charge in [-0.15, -0.1) is 6.42 Å². The molecule has 0 saturated heterocycles. The number of aryl methyl sites for hydroxylation is 1. The third kappa shape index (κ3) is 2.71. The Kier molecular flexibility index (Phi) is 4.28. The van der Waals surface area contributed by atoms with Crippen LogP contribution < -0.4 is 10.9 Å². The Morgan fingerprint density at radius 3 is 1.91 bits per heavy atom. The molecule has 22 heavy (non-hydrogen) atoms. The van der Waals surface area contributed by atoms with Gasteiger partial charge in [0.2, 0.25) is 0 Å². The minimum atomic E-state index is -0.0920. The maximum absolute atomic E-state index is 12.5. The molecule has 0 radical (unpaired) electrons. The number of hydrogen-bond donors (Lipinski definition) is 0. The van der Waals surface area contributed by atoms with E-state index >= 15 is 0 Å². The second-order valence-corrected chi connectivity index (χ2v) is 5.50. The van der Waals surface area contributed by atoms with E-state index in [0.29, 0.717) is 22.3 Å². The minimum absolute atomic E-state index is 0.0869. The molecular weight excluding hydrogens is 272 g/mol. The topological polar surface area (TPSA) is 34.1 Å². The van der Waals surface area contributed by atoms with Gasteiger partial charge in [-0.05, 0) is 62.6 Å². The van der Waals surface area contributed by atoms with E-state index in [1.54, 1.807) is 33.8 Å². The first kappa shape index (κ1) is 15.7. The lowest BCUT2D eigenvalue weighted by Crippen LogP contribution is -2.17. The fourth-order valence-corrected chi connectivity index (χ4v) is 2.48. The van der Waals surface area contributed by atoms with Gasteiger partial charge in [-0.25, -0.2) is 0 Å². The molecule has 0 aromatic heterocycles. The molecule has 2 heteroatoms. The highest BCUT2D eigenvalue weighted by atomic mass is 16.1. The van der Waals surface area contributed by atoms with Gasteiger partial charge in [-0.2, -0.15) is 0 Å². The van der Waals surface area contributed by atoms with Crippen molar-refractivity contribution in [1.29, 1.82) is 0 Å². The SMILES string of the molecule is C#Cc1ccc(-c2cc(C)c(=O)c(C)c(C)c(=O)c2C)cc1. The summed E-state index contributed by atoms with van der Waals surface area (Å²) in [6.07, 6.45) is 5.37. The number of terminal acetylenes is 1. The lowest BCUT2D eigenvalue weighted by Gasteiger charge is -2.07. The molecule has 2 rings (SSSR count). The third-order valence-electron chi connectivity index (χ3n) is 4.07. The molecule has 2 nitrogen and oxygen atoms in total. The predicted molar refractivity (Wildman–Crippen MR) is 91.3 cm³/mol. The van der Waals surface area contributed by atoms with Gasteiger partial charge in [-0.3, -0.25) is 9.59 Å². The Hall–Kier alpha value is -2.66. The van der Waals surface area contributed by atoms with E-state index in [9.17, 15) is 9.59 Å². The van der Waals surface area contributed by atoms with Gasteiger partial charge in [-0.1, -0.05) is 18.1 Å². The molecule has 0 spiro atoms. The van der Waals surface area contributed by atoms with Crippen molar-refractivity contribution in [1.82, 2.24) is 0 Å². The molecule has 0 bridgehead atoms. The van der Waals surface area contributed by atoms with Crippen molar-refractivity contribution in [3.63, 3.8) is 0 Å². The van der Waals surface area contributed by atoms with E-state index < -0.39 is 0 Å². The van der Waals surface area contributed by atoms with Gasteiger partial charge in [0, 0.05) is 22.3 Å². The van der Waals surface area contributed by atoms with E-state index in [1.165, 1.54) is 0 Å². The van der Waals surface area contributed by atoms with Crippen LogP contribution in [0.2, 0.25) is 0 Å². The van der Waals surface area contributed by atoms with E-state index in [4.69, 9.17) is 6.42 Å². The lowest BCUT2D eigenvalue weighted by atomic mass is 9.96. The van der Waals surface area contributed by atoms with Crippen LogP contribution in [-0.2, 0) is 0 Å². The Labute approximate surface area is 130 Å². The van der Waals surface area contributed by atoms with Gasteiger partial charge in [0.25, 0.3) is 0 Å². The predicted octanol–water partition coefficient (Wildman–Crippen LogP) is 3.29. The van der Waals surface area contributed by atoms with Crippen LogP contribution in [0.3, 0.4) is 0 Å². The number of hydrogen-bond acceptors (Lipinski definition) is 2. The molecule has 110 valence electrons. The summed E-state index contributed by atoms with van der Waals surface area (Å²) in [4.78, 5) is 24.8. The van der Waals surface area contributed by atoms with Crippen LogP contribution in [0.15, 0.2) is 39.9 Å². The quantitative estimate of drug-likeness (QED) is 0.755. The van der Waals surface area contributed by atoms with E-state index in [0.717, 1.165) is 16.7 Å². The maximum Gasteiger partial charge on any atom is 0.185 e. The average molecular weight is 290 g/mol. The third-order valence-corrected chi connectivity index (χ3v) is 4.07. The van der Waals surface area contributed by atoms with E-state index in [-0.39, 0.29) is 10.9 Å². The molecule has 0 amide bonds. The van der Waals surface area contributed by atoms with Crippen molar-refractivity contribution in [2.75, 3.05) is 0 Å². The van der Waals surface area contributed by atoms with Crippen molar-refractivity contribution < 1.29 is 0 Å². The summed E-state index contributed by atoms with van der Waals surface area (Å²) >= 11 is 0. The standard InChI is InChI=1S/C20H18O2/c1-6-16-7-9-17(10-8-16)18-11-12(2)19(21)13(3)14(4)20(22)15(18)5/h1,7-11H,2-5H3. The molecule has 0 N–H and O–H groups in total. The summed E-state index contributed by atoms with van der Waals surface area (Å²) in [6.45, 7) is 6.98. The Bertz CT molecular complexity index is 899. The Morgan fingerprint density at radius 2 is 1.36 bits per heavy atom. The summed E-state index contributed by atoms with van der Waals surface area (Å²) in [7, 11) is 0. The highest BCUT2D eigenvalue weighted by Gasteiger charge is 2.10. The molecular formula is C20H18O2. The second-order valence-electron chi connectivity index (χ2n) is 5.50. The summed E-state index contributed by atoms with van der Waals surface area (Å²) in [5.74, 6) is 2.57. The maximum atomic E-state index is 12.5. The highest BCUT2D eigenvalue weighted by molar-refractivity contribution is 5.68. The number of rotatable bonds is 1. The van der Waals surface area contributed by atoms with Crippen LogP contribution in [0, 0.1) is 40.0 Å². The minimum Gasteiger partial charge on any atom is -0.289 e. The zero-order valence-corrected chi connectivity index (χ0v) is 13.3. The molecule has 0 aliphatic rings. The van der Waals surface area contributed by atoms with Crippen LogP contribution in [0.1, 0.15) is 27.8 Å². The van der Waals surface area contributed by atoms with Gasteiger partial charge in [0.15, 0.2) is 10.9 Å². The first-order valence-corrected chi connectivity index (χ1v) is 7.10. The Morgan fingerprint density at radius 1 is 0.818 bits per heavy atom. The zero-order valence-electron chi connectivity index (χ0n) is 13.3. The smallest absolute Gasteiger partial charge is 0.185 e. The van der Waals surface area contributed by atoms with Gasteiger partial charge >= 0.3 is 0 Å². The lowest BCUT2D eigenvalue weighted by molar-refractivity contribution is 1.22. The average Bonchev–Trinajstić information content (AvgIpc) is 2.55. The molecule has 0 fully saturated rings. The van der Waals surface area contributed by atoms with Gasteiger partial charge in [0.1, 0.15) is 0 Å². The second kappa shape index (κ2) is 5.99. The molecule has 2 aromatic carbocycles. The largest absolute Gasteiger partial charge is 0.289 e. The van der Waals surface area contributed by atoms with Crippen molar-refractivity contribution in [2.45, 2.75) is 27.7 Å². The van der Waals surface area contributed by atoms with Crippen molar-refractivity contribution in [2.24, 2.45) is 0 Å². The molecule has 0 saturated carbocycles. The first-order chi connectivity index (χ1) is 10.4. The molecule has 0 unspecified atom stereocenters. The van der Waals surface area contributed by atoms with E-state index in [1.807, 2.05) is 24.3 Å². The van der Waals surface area contributed by atoms with Crippen LogP contribution >= 0.6 is 0 Å². The van der Waals surface area contributed by atoms with Crippen molar-refractivity contribution in [3.8, 4) is 23.5 Å². The van der Waals surface area contributed by atoms with Crippen LogP contribution in [0.5, 0.6) is 0 Å². The summed E-state index contributed by atoms with van der Waals surface area (Å²) < 4.78 is 0. The molecule has 0 heterocycles. The number of benzene rings is 1. The summed E-state index contributed by atoms with van der Waals surface area (Å²) in [5.41, 5.74) is 4.53. The van der Waals surface area contributed by atoms with Crippen LogP contribution in [0.25, 0.3) is 11.1 Å².